The van der Waals surface area contributed by atoms with Crippen LogP contribution in [0.2, 0.25) is 0 Å². The van der Waals surface area contributed by atoms with Gasteiger partial charge < -0.3 is 19.5 Å². The van der Waals surface area contributed by atoms with Crippen molar-refractivity contribution in [3.05, 3.63) is 35.2 Å². The highest BCUT2D eigenvalue weighted by atomic mass is 32.2. The zero-order chi connectivity index (χ0) is 21.0. The molecular formula is C19H23N5O4S. The van der Waals surface area contributed by atoms with E-state index in [0.29, 0.717) is 34.7 Å². The normalized spacial score (nSPS) is 10.8. The van der Waals surface area contributed by atoms with Crippen LogP contribution in [0.4, 0.5) is 0 Å². The van der Waals surface area contributed by atoms with Gasteiger partial charge in [-0.05, 0) is 37.6 Å². The van der Waals surface area contributed by atoms with Crippen LogP contribution in [-0.4, -0.2) is 52.6 Å². The summed E-state index contributed by atoms with van der Waals surface area (Å²) in [7, 11) is 4.65. The number of aryl methyl sites for hydroxylation is 2. The van der Waals surface area contributed by atoms with Crippen molar-refractivity contribution in [1.82, 2.24) is 24.9 Å². The van der Waals surface area contributed by atoms with E-state index in [9.17, 15) is 4.79 Å². The van der Waals surface area contributed by atoms with Gasteiger partial charge in [0.05, 0.1) is 27.1 Å². The lowest BCUT2D eigenvalue weighted by Gasteiger charge is -2.14. The molecule has 3 rings (SSSR count). The number of benzene rings is 1. The molecule has 0 aliphatic heterocycles. The first-order chi connectivity index (χ1) is 14.0. The van der Waals surface area contributed by atoms with Gasteiger partial charge in [-0.1, -0.05) is 11.8 Å². The van der Waals surface area contributed by atoms with Gasteiger partial charge >= 0.3 is 0 Å². The minimum Gasteiger partial charge on any atom is -0.493 e. The Bertz CT molecular complexity index is 1010. The van der Waals surface area contributed by atoms with E-state index >= 15 is 0 Å². The summed E-state index contributed by atoms with van der Waals surface area (Å²) in [5, 5.41) is 11.7. The molecule has 1 aromatic carbocycles. The minimum atomic E-state index is -0.127. The second-order valence-electron chi connectivity index (χ2n) is 6.26. The molecule has 1 N–H and O–H groups in total. The van der Waals surface area contributed by atoms with Gasteiger partial charge in [-0.2, -0.15) is 0 Å². The molecule has 0 aliphatic rings. The number of hydrogen-bond acceptors (Lipinski definition) is 8. The zero-order valence-corrected chi connectivity index (χ0v) is 17.8. The van der Waals surface area contributed by atoms with Gasteiger partial charge in [0.1, 0.15) is 0 Å². The first kappa shape index (κ1) is 20.7. The molecule has 154 valence electrons. The van der Waals surface area contributed by atoms with Crippen LogP contribution in [-0.2, 0) is 11.3 Å². The fraction of sp³-hybridized carbons (Fsp3) is 0.368. The smallest absolute Gasteiger partial charge is 0.256 e. The maximum Gasteiger partial charge on any atom is 0.256 e. The van der Waals surface area contributed by atoms with Crippen LogP contribution in [0.5, 0.6) is 17.2 Å². The van der Waals surface area contributed by atoms with Crippen LogP contribution in [0.3, 0.4) is 0 Å². The molecule has 0 unspecified atom stereocenters. The van der Waals surface area contributed by atoms with Crippen LogP contribution in [0, 0.1) is 13.8 Å². The number of hydrogen-bond donors (Lipinski definition) is 1. The summed E-state index contributed by atoms with van der Waals surface area (Å²) < 4.78 is 17.8. The van der Waals surface area contributed by atoms with Crippen molar-refractivity contribution >= 4 is 23.4 Å². The number of nitrogens with one attached hydrogen (secondary N) is 1. The average Bonchev–Trinajstić information content (AvgIpc) is 3.12. The summed E-state index contributed by atoms with van der Waals surface area (Å²) in [4.78, 5) is 16.7. The Kier molecular flexibility index (Phi) is 6.42. The quantitative estimate of drug-likeness (QED) is 0.557. The standard InChI is InChI=1S/C19H23N5O4S/c1-11-6-12(2)24-18(21-11)22-23-19(24)29-10-16(25)20-9-13-7-14(26-3)17(28-5)15(8-13)27-4/h6-8H,9-10H2,1-5H3,(H,20,25). The molecule has 0 radical (unpaired) electrons. The fourth-order valence-corrected chi connectivity index (χ4v) is 3.73. The molecule has 29 heavy (non-hydrogen) atoms. The third kappa shape index (κ3) is 4.53. The predicted molar refractivity (Wildman–Crippen MR) is 109 cm³/mol. The van der Waals surface area contributed by atoms with Crippen LogP contribution >= 0.6 is 11.8 Å². The van der Waals surface area contributed by atoms with E-state index in [-0.39, 0.29) is 11.7 Å². The van der Waals surface area contributed by atoms with Crippen molar-refractivity contribution in [2.24, 2.45) is 0 Å². The first-order valence-corrected chi connectivity index (χ1v) is 9.83. The van der Waals surface area contributed by atoms with E-state index in [1.54, 1.807) is 33.5 Å². The number of fused-ring (bicyclic) bond motifs is 1. The molecular weight excluding hydrogens is 394 g/mol. The second-order valence-corrected chi connectivity index (χ2v) is 7.20. The Balaban J connectivity index is 1.64. The molecule has 9 nitrogen and oxygen atoms in total. The van der Waals surface area contributed by atoms with Gasteiger partial charge in [0.2, 0.25) is 11.7 Å². The van der Waals surface area contributed by atoms with Gasteiger partial charge in [0.15, 0.2) is 16.7 Å². The lowest BCUT2D eigenvalue weighted by molar-refractivity contribution is -0.118. The third-order valence-electron chi connectivity index (χ3n) is 4.21. The lowest BCUT2D eigenvalue weighted by Crippen LogP contribution is -2.24. The van der Waals surface area contributed by atoms with Crippen molar-refractivity contribution in [3.8, 4) is 17.2 Å². The monoisotopic (exact) mass is 417 g/mol. The molecule has 0 fully saturated rings. The van der Waals surface area contributed by atoms with Crippen molar-refractivity contribution in [2.45, 2.75) is 25.5 Å². The molecule has 0 saturated carbocycles. The number of amides is 1. The number of carbonyl (C=O) groups excluding carboxylic acids is 1. The van der Waals surface area contributed by atoms with Crippen molar-refractivity contribution in [1.29, 1.82) is 0 Å². The summed E-state index contributed by atoms with van der Waals surface area (Å²) in [5.41, 5.74) is 2.68. The molecule has 0 bridgehead atoms. The number of thioether (sulfide) groups is 1. The number of ether oxygens (including phenoxy) is 3. The zero-order valence-electron chi connectivity index (χ0n) is 17.0. The maximum absolute atomic E-state index is 12.3. The van der Waals surface area contributed by atoms with Crippen molar-refractivity contribution in [2.75, 3.05) is 27.1 Å². The lowest BCUT2D eigenvalue weighted by atomic mass is 10.2. The summed E-state index contributed by atoms with van der Waals surface area (Å²) >= 11 is 1.31. The van der Waals surface area contributed by atoms with E-state index in [1.165, 1.54) is 11.8 Å². The van der Waals surface area contributed by atoms with Gasteiger partial charge in [0.25, 0.3) is 5.78 Å². The Morgan fingerprint density at radius 3 is 2.38 bits per heavy atom. The van der Waals surface area contributed by atoms with Crippen molar-refractivity contribution in [3.63, 3.8) is 0 Å². The maximum atomic E-state index is 12.3. The van der Waals surface area contributed by atoms with Gasteiger partial charge in [-0.15, -0.1) is 10.2 Å². The molecule has 0 atom stereocenters. The minimum absolute atomic E-state index is 0.127. The first-order valence-electron chi connectivity index (χ1n) is 8.84. The van der Waals surface area contributed by atoms with E-state index in [1.807, 2.05) is 24.3 Å². The van der Waals surface area contributed by atoms with Crippen LogP contribution in [0.1, 0.15) is 17.0 Å². The number of nitrogens with zero attached hydrogens (tertiary/aromatic N) is 4. The third-order valence-corrected chi connectivity index (χ3v) is 5.14. The van der Waals surface area contributed by atoms with Crippen LogP contribution in [0.25, 0.3) is 5.78 Å². The Hall–Kier alpha value is -3.01. The average molecular weight is 417 g/mol. The Labute approximate surface area is 172 Å². The topological polar surface area (TPSA) is 99.9 Å². The summed E-state index contributed by atoms with van der Waals surface area (Å²) in [5.74, 6) is 2.20. The second kappa shape index (κ2) is 8.99. The molecule has 0 aliphatic carbocycles. The highest BCUT2D eigenvalue weighted by molar-refractivity contribution is 7.99. The molecule has 0 saturated heterocycles. The molecule has 2 heterocycles. The predicted octanol–water partition coefficient (Wildman–Crippen LogP) is 2.18. The van der Waals surface area contributed by atoms with Crippen LogP contribution in [0.15, 0.2) is 23.4 Å². The fourth-order valence-electron chi connectivity index (χ4n) is 2.91. The summed E-state index contributed by atoms with van der Waals surface area (Å²) in [6.45, 7) is 4.20. The number of rotatable bonds is 8. The largest absolute Gasteiger partial charge is 0.493 e. The van der Waals surface area contributed by atoms with Gasteiger partial charge in [-0.3, -0.25) is 9.20 Å². The van der Waals surface area contributed by atoms with Gasteiger partial charge in [0, 0.05) is 17.9 Å². The van der Waals surface area contributed by atoms with Gasteiger partial charge in [-0.25, -0.2) is 4.98 Å². The summed E-state index contributed by atoms with van der Waals surface area (Å²) in [6.07, 6.45) is 0. The van der Waals surface area contributed by atoms with E-state index in [2.05, 4.69) is 20.5 Å². The van der Waals surface area contributed by atoms with E-state index in [4.69, 9.17) is 14.2 Å². The molecule has 3 aromatic rings. The van der Waals surface area contributed by atoms with Crippen molar-refractivity contribution < 1.29 is 19.0 Å². The number of methoxy groups -OCH3 is 3. The summed E-state index contributed by atoms with van der Waals surface area (Å²) in [6, 6.07) is 5.56. The van der Waals surface area contributed by atoms with Crippen LogP contribution < -0.4 is 19.5 Å². The van der Waals surface area contributed by atoms with E-state index < -0.39 is 0 Å². The SMILES string of the molecule is COc1cc(CNC(=O)CSc2nnc3nc(C)cc(C)n23)cc(OC)c1OC. The number of aromatic nitrogens is 4. The highest BCUT2D eigenvalue weighted by Crippen LogP contribution is 2.38. The molecule has 10 heteroatoms. The van der Waals surface area contributed by atoms with E-state index in [0.717, 1.165) is 17.0 Å². The Morgan fingerprint density at radius 1 is 1.07 bits per heavy atom. The number of carbonyl (C=O) groups is 1. The molecule has 2 aromatic heterocycles. The highest BCUT2D eigenvalue weighted by Gasteiger charge is 2.15. The Morgan fingerprint density at radius 2 is 1.76 bits per heavy atom. The molecule has 0 spiro atoms. The molecule has 1 amide bonds.